The molecule has 0 fully saturated rings. The van der Waals surface area contributed by atoms with Crippen LogP contribution in [0, 0.1) is 0 Å². The van der Waals surface area contributed by atoms with Crippen molar-refractivity contribution in [3.8, 4) is 0 Å². The molecule has 2 aromatic rings. The number of carbonyl (C=O) groups excluding carboxylic acids is 1. The first kappa shape index (κ1) is 14.4. The highest BCUT2D eigenvalue weighted by molar-refractivity contribution is 6.35. The summed E-state index contributed by atoms with van der Waals surface area (Å²) in [4.78, 5) is 14.1. The third kappa shape index (κ3) is 3.22. The van der Waals surface area contributed by atoms with E-state index >= 15 is 0 Å². The van der Waals surface area contributed by atoms with E-state index in [1.807, 2.05) is 11.0 Å². The summed E-state index contributed by atoms with van der Waals surface area (Å²) in [5.41, 5.74) is 1.94. The maximum absolute atomic E-state index is 12.3. The minimum atomic E-state index is 0.118. The molecule has 6 heteroatoms. The predicted octanol–water partition coefficient (Wildman–Crippen LogP) is 3.50. The zero-order valence-corrected chi connectivity index (χ0v) is 12.8. The van der Waals surface area contributed by atoms with Gasteiger partial charge in [0.2, 0.25) is 5.91 Å². The normalized spacial score (nSPS) is 14.1. The van der Waals surface area contributed by atoms with E-state index in [0.717, 1.165) is 23.3 Å². The lowest BCUT2D eigenvalue weighted by Crippen LogP contribution is -2.35. The zero-order chi connectivity index (χ0) is 14.8. The highest BCUT2D eigenvalue weighted by Gasteiger charge is 2.23. The molecule has 4 nitrogen and oxygen atoms in total. The van der Waals surface area contributed by atoms with Gasteiger partial charge in [-0.15, -0.1) is 0 Å². The first-order valence-corrected chi connectivity index (χ1v) is 7.53. The van der Waals surface area contributed by atoms with Crippen molar-refractivity contribution < 1.29 is 9.32 Å². The Kier molecular flexibility index (Phi) is 4.17. The van der Waals surface area contributed by atoms with Gasteiger partial charge in [-0.05, 0) is 24.1 Å². The van der Waals surface area contributed by atoms with Crippen LogP contribution in [0.2, 0.25) is 10.0 Å². The van der Waals surface area contributed by atoms with Crippen LogP contribution in [0.5, 0.6) is 0 Å². The number of aromatic nitrogens is 1. The average Bonchev–Trinajstić information content (AvgIpc) is 2.93. The monoisotopic (exact) mass is 324 g/mol. The van der Waals surface area contributed by atoms with Crippen LogP contribution in [0.25, 0.3) is 0 Å². The largest absolute Gasteiger partial charge is 0.361 e. The van der Waals surface area contributed by atoms with Gasteiger partial charge in [-0.2, -0.15) is 0 Å². The Balaban J connectivity index is 1.60. The molecule has 0 bridgehead atoms. The number of fused-ring (bicyclic) bond motifs is 1. The number of hydrogen-bond donors (Lipinski definition) is 0. The van der Waals surface area contributed by atoms with Crippen LogP contribution < -0.4 is 0 Å². The lowest BCUT2D eigenvalue weighted by atomic mass is 10.1. The van der Waals surface area contributed by atoms with Crippen molar-refractivity contribution in [2.45, 2.75) is 25.8 Å². The molecule has 0 spiro atoms. The van der Waals surface area contributed by atoms with Crippen molar-refractivity contribution in [3.05, 3.63) is 51.3 Å². The number of hydrogen-bond acceptors (Lipinski definition) is 3. The molecule has 21 heavy (non-hydrogen) atoms. The molecule has 0 N–H and O–H groups in total. The molecular formula is C15H14Cl2N2O2. The van der Waals surface area contributed by atoms with Crippen LogP contribution >= 0.6 is 23.2 Å². The summed E-state index contributed by atoms with van der Waals surface area (Å²) < 4.78 is 5.12. The second-order valence-electron chi connectivity index (χ2n) is 5.08. The molecule has 0 saturated heterocycles. The lowest BCUT2D eigenvalue weighted by molar-refractivity contribution is -0.132. The third-order valence-electron chi connectivity index (χ3n) is 3.68. The molecular weight excluding hydrogens is 311 g/mol. The van der Waals surface area contributed by atoms with Gasteiger partial charge in [0.25, 0.3) is 0 Å². The summed E-state index contributed by atoms with van der Waals surface area (Å²) >= 11 is 12.0. The van der Waals surface area contributed by atoms with Gasteiger partial charge in [0.1, 0.15) is 5.76 Å². The topological polar surface area (TPSA) is 46.3 Å². The second kappa shape index (κ2) is 6.08. The van der Waals surface area contributed by atoms with Crippen molar-refractivity contribution in [2.75, 3.05) is 6.54 Å². The maximum atomic E-state index is 12.3. The highest BCUT2D eigenvalue weighted by Crippen LogP contribution is 2.23. The molecule has 3 rings (SSSR count). The molecule has 1 aromatic heterocycles. The summed E-state index contributed by atoms with van der Waals surface area (Å²) in [6, 6.07) is 5.36. The van der Waals surface area contributed by atoms with E-state index in [9.17, 15) is 4.79 Å². The lowest BCUT2D eigenvalue weighted by Gasteiger charge is -2.25. The van der Waals surface area contributed by atoms with Gasteiger partial charge in [-0.25, -0.2) is 0 Å². The van der Waals surface area contributed by atoms with E-state index in [0.29, 0.717) is 36.0 Å². The quantitative estimate of drug-likeness (QED) is 0.868. The minimum Gasteiger partial charge on any atom is -0.361 e. The Bertz CT molecular complexity index is 669. The van der Waals surface area contributed by atoms with E-state index in [1.54, 1.807) is 18.3 Å². The standard InChI is InChI=1S/C15H14Cl2N2O2/c16-12-3-1-10(13(17)7-12)2-4-15(20)19-6-5-14-11(9-19)8-18-21-14/h1,3,7-8H,2,4-6,9H2. The number of rotatable bonds is 3. The zero-order valence-electron chi connectivity index (χ0n) is 11.3. The van der Waals surface area contributed by atoms with E-state index in [-0.39, 0.29) is 5.91 Å². The van der Waals surface area contributed by atoms with Gasteiger partial charge in [0.15, 0.2) is 0 Å². The molecule has 1 aliphatic rings. The maximum Gasteiger partial charge on any atom is 0.223 e. The fourth-order valence-corrected chi connectivity index (χ4v) is 2.98. The number of amides is 1. The Morgan fingerprint density at radius 1 is 1.38 bits per heavy atom. The second-order valence-corrected chi connectivity index (χ2v) is 5.92. The Labute approximate surface area is 132 Å². The Morgan fingerprint density at radius 2 is 2.24 bits per heavy atom. The van der Waals surface area contributed by atoms with Crippen molar-refractivity contribution in [3.63, 3.8) is 0 Å². The van der Waals surface area contributed by atoms with Gasteiger partial charge in [-0.1, -0.05) is 34.4 Å². The van der Waals surface area contributed by atoms with Gasteiger partial charge >= 0.3 is 0 Å². The fraction of sp³-hybridized carbons (Fsp3) is 0.333. The molecule has 0 radical (unpaired) electrons. The fourth-order valence-electron chi connectivity index (χ4n) is 2.48. The van der Waals surface area contributed by atoms with Crippen LogP contribution in [-0.4, -0.2) is 22.5 Å². The number of carbonyl (C=O) groups is 1. The molecule has 1 aromatic carbocycles. The molecule has 2 heterocycles. The first-order chi connectivity index (χ1) is 10.1. The number of halogens is 2. The minimum absolute atomic E-state index is 0.118. The summed E-state index contributed by atoms with van der Waals surface area (Å²) in [6.45, 7) is 1.25. The predicted molar refractivity (Wildman–Crippen MR) is 80.4 cm³/mol. The van der Waals surface area contributed by atoms with Gasteiger partial charge in [-0.3, -0.25) is 4.79 Å². The van der Waals surface area contributed by atoms with Gasteiger partial charge < -0.3 is 9.42 Å². The van der Waals surface area contributed by atoms with E-state index < -0.39 is 0 Å². The smallest absolute Gasteiger partial charge is 0.223 e. The van der Waals surface area contributed by atoms with Crippen molar-refractivity contribution >= 4 is 29.1 Å². The van der Waals surface area contributed by atoms with Crippen molar-refractivity contribution in [1.82, 2.24) is 10.1 Å². The number of aryl methyl sites for hydroxylation is 1. The van der Waals surface area contributed by atoms with Crippen LogP contribution in [0.1, 0.15) is 23.3 Å². The van der Waals surface area contributed by atoms with Gasteiger partial charge in [0, 0.05) is 35.0 Å². The highest BCUT2D eigenvalue weighted by atomic mass is 35.5. The number of benzene rings is 1. The summed E-state index contributed by atoms with van der Waals surface area (Å²) in [7, 11) is 0. The molecule has 1 amide bonds. The van der Waals surface area contributed by atoms with Crippen LogP contribution in [0.4, 0.5) is 0 Å². The molecule has 1 aliphatic heterocycles. The Morgan fingerprint density at radius 3 is 3.05 bits per heavy atom. The van der Waals surface area contributed by atoms with E-state index in [2.05, 4.69) is 5.16 Å². The number of nitrogens with zero attached hydrogens (tertiary/aromatic N) is 2. The summed E-state index contributed by atoms with van der Waals surface area (Å²) in [6.07, 6.45) is 3.46. The molecule has 0 saturated carbocycles. The van der Waals surface area contributed by atoms with Crippen molar-refractivity contribution in [1.29, 1.82) is 0 Å². The van der Waals surface area contributed by atoms with Gasteiger partial charge in [0.05, 0.1) is 12.7 Å². The summed E-state index contributed by atoms with van der Waals surface area (Å²) in [5.74, 6) is 1.01. The molecule has 110 valence electrons. The molecule has 0 unspecified atom stereocenters. The van der Waals surface area contributed by atoms with Crippen LogP contribution in [0.15, 0.2) is 28.9 Å². The SMILES string of the molecule is O=C(CCc1ccc(Cl)cc1Cl)N1CCc2oncc2C1. The Hall–Kier alpha value is -1.52. The average molecular weight is 325 g/mol. The molecule has 0 aliphatic carbocycles. The van der Waals surface area contributed by atoms with Crippen LogP contribution in [-0.2, 0) is 24.2 Å². The first-order valence-electron chi connectivity index (χ1n) is 6.77. The third-order valence-corrected chi connectivity index (χ3v) is 4.26. The van der Waals surface area contributed by atoms with E-state index in [4.69, 9.17) is 27.7 Å². The van der Waals surface area contributed by atoms with E-state index in [1.165, 1.54) is 0 Å². The molecule has 0 atom stereocenters. The van der Waals surface area contributed by atoms with Crippen molar-refractivity contribution in [2.24, 2.45) is 0 Å². The summed E-state index contributed by atoms with van der Waals surface area (Å²) in [5, 5.41) is 4.98. The van der Waals surface area contributed by atoms with Crippen LogP contribution in [0.3, 0.4) is 0 Å².